The maximum Gasteiger partial charge on any atom is 0.261 e. The zero-order valence-corrected chi connectivity index (χ0v) is 22.8. The number of carbonyl (C=O) groups is 2. The van der Waals surface area contributed by atoms with E-state index in [2.05, 4.69) is 0 Å². The molecule has 3 aromatic carbocycles. The number of benzene rings is 3. The van der Waals surface area contributed by atoms with E-state index in [4.69, 9.17) is 19.6 Å². The summed E-state index contributed by atoms with van der Waals surface area (Å²) in [5, 5.41) is 8.98. The van der Waals surface area contributed by atoms with E-state index in [-0.39, 0.29) is 36.1 Å². The van der Waals surface area contributed by atoms with Crippen LogP contribution in [0.1, 0.15) is 42.6 Å². The average molecular weight is 563 g/mol. The third-order valence-electron chi connectivity index (χ3n) is 7.15. The van der Waals surface area contributed by atoms with E-state index in [1.54, 1.807) is 42.5 Å². The topological polar surface area (TPSA) is 123 Å². The molecule has 0 spiro atoms. The Hall–Kier alpha value is -4.02. The number of nitrogens with zero attached hydrogens (tertiary/aromatic N) is 2. The van der Waals surface area contributed by atoms with Crippen LogP contribution >= 0.6 is 0 Å². The quantitative estimate of drug-likeness (QED) is 0.396. The Morgan fingerprint density at radius 3 is 2.48 bits per heavy atom. The minimum Gasteiger partial charge on any atom is -0.494 e. The number of hydrogen-bond donors (Lipinski definition) is 1. The van der Waals surface area contributed by atoms with E-state index in [0.29, 0.717) is 29.9 Å². The number of aliphatic hydroxyl groups excluding tert-OH is 1. The van der Waals surface area contributed by atoms with Gasteiger partial charge in [-0.15, -0.1) is 0 Å². The number of rotatable bonds is 9. The van der Waals surface area contributed by atoms with E-state index in [0.717, 1.165) is 10.5 Å². The molecule has 0 fully saturated rings. The highest BCUT2D eigenvalue weighted by atomic mass is 32.2. The number of ether oxygens (including phenoxy) is 2. The monoisotopic (exact) mass is 562 g/mol. The maximum atomic E-state index is 14.2. The van der Waals surface area contributed by atoms with Gasteiger partial charge in [-0.25, -0.2) is 13.4 Å². The number of fused-ring (bicyclic) bond motifs is 3. The molecule has 3 aromatic rings. The fourth-order valence-corrected chi connectivity index (χ4v) is 6.42. The van der Waals surface area contributed by atoms with Crippen LogP contribution in [-0.2, 0) is 30.7 Å². The van der Waals surface area contributed by atoms with Crippen LogP contribution in [0.25, 0.3) is 0 Å². The first-order valence-corrected chi connectivity index (χ1v) is 14.7. The van der Waals surface area contributed by atoms with Crippen LogP contribution in [0.3, 0.4) is 0 Å². The molecule has 40 heavy (non-hydrogen) atoms. The van der Waals surface area contributed by atoms with Crippen molar-refractivity contribution in [2.45, 2.75) is 42.8 Å². The smallest absolute Gasteiger partial charge is 0.261 e. The number of hydrogen-bond acceptors (Lipinski definition) is 8. The number of sulfone groups is 1. The molecule has 0 unspecified atom stereocenters. The molecule has 0 aromatic heterocycles. The number of aliphatic imine (C=N–C) groups is 1. The molecule has 0 saturated heterocycles. The highest BCUT2D eigenvalue weighted by Gasteiger charge is 2.57. The minimum absolute atomic E-state index is 0.0268. The minimum atomic E-state index is -3.77. The molecule has 9 nitrogen and oxygen atoms in total. The number of imide groups is 1. The van der Waals surface area contributed by atoms with Gasteiger partial charge in [-0.3, -0.25) is 14.5 Å². The summed E-state index contributed by atoms with van der Waals surface area (Å²) in [6.45, 7) is 1.74. The van der Waals surface area contributed by atoms with Crippen molar-refractivity contribution >= 4 is 27.5 Å². The summed E-state index contributed by atoms with van der Waals surface area (Å²) in [5.74, 6) is -0.650. The second kappa shape index (κ2) is 11.2. The van der Waals surface area contributed by atoms with Crippen LogP contribution in [0.15, 0.2) is 88.8 Å². The molecule has 2 amide bonds. The van der Waals surface area contributed by atoms with Crippen molar-refractivity contribution in [2.24, 2.45) is 4.99 Å². The van der Waals surface area contributed by atoms with Gasteiger partial charge in [0.05, 0.1) is 23.8 Å². The van der Waals surface area contributed by atoms with Crippen molar-refractivity contribution in [3.63, 3.8) is 0 Å². The first-order valence-electron chi connectivity index (χ1n) is 13.0. The SMILES string of the molecule is CC(=O)N1Cc2ccccc2[C@H]2OC(c3ccc(OCCCO)cc3)=N[C@@]2(CCS(=O)(=O)c2ccccc2)C1=O. The highest BCUT2D eigenvalue weighted by molar-refractivity contribution is 7.91. The molecule has 0 saturated carbocycles. The summed E-state index contributed by atoms with van der Waals surface area (Å²) in [7, 11) is -3.77. The van der Waals surface area contributed by atoms with Crippen molar-refractivity contribution in [3.05, 3.63) is 95.6 Å². The van der Waals surface area contributed by atoms with E-state index in [9.17, 15) is 18.0 Å². The lowest BCUT2D eigenvalue weighted by molar-refractivity contribution is -0.149. The van der Waals surface area contributed by atoms with E-state index in [1.807, 2.05) is 24.3 Å². The molecule has 208 valence electrons. The Labute approximate surface area is 233 Å². The lowest BCUT2D eigenvalue weighted by Gasteiger charge is -2.31. The Kier molecular flexibility index (Phi) is 7.73. The van der Waals surface area contributed by atoms with E-state index >= 15 is 0 Å². The average Bonchev–Trinajstić information content (AvgIpc) is 3.32. The standard InChI is InChI=1S/C30H30N2O7S/c1-21(34)32-20-23-8-5-6-11-26(23)27-30(29(32)35,16-19-40(36,37)25-9-3-2-4-10-25)31-28(39-27)22-12-14-24(15-13-22)38-18-7-17-33/h2-6,8-15,27,33H,7,16-20H2,1H3/t27-,30-/m1/s1. The number of carbonyl (C=O) groups excluding carboxylic acids is 2. The van der Waals surface area contributed by atoms with Crippen molar-refractivity contribution < 1.29 is 32.6 Å². The fraction of sp³-hybridized carbons (Fsp3) is 0.300. The molecule has 2 aliphatic rings. The van der Waals surface area contributed by atoms with Crippen LogP contribution in [0.2, 0.25) is 0 Å². The summed E-state index contributed by atoms with van der Waals surface area (Å²) in [5.41, 5.74) is 0.311. The molecule has 10 heteroatoms. The molecular formula is C30H30N2O7S. The Bertz CT molecular complexity index is 1540. The van der Waals surface area contributed by atoms with E-state index in [1.165, 1.54) is 19.1 Å². The van der Waals surface area contributed by atoms with Crippen molar-refractivity contribution in [1.29, 1.82) is 0 Å². The lowest BCUT2D eigenvalue weighted by Crippen LogP contribution is -2.50. The van der Waals surface area contributed by atoms with Gasteiger partial charge in [0.25, 0.3) is 5.91 Å². The summed E-state index contributed by atoms with van der Waals surface area (Å²) < 4.78 is 38.6. The van der Waals surface area contributed by atoms with Crippen LogP contribution in [0.5, 0.6) is 5.75 Å². The molecule has 0 aliphatic carbocycles. The largest absolute Gasteiger partial charge is 0.494 e. The molecule has 1 N–H and O–H groups in total. The summed E-state index contributed by atoms with van der Waals surface area (Å²) >= 11 is 0. The third-order valence-corrected chi connectivity index (χ3v) is 8.88. The fourth-order valence-electron chi connectivity index (χ4n) is 5.03. The predicted molar refractivity (Wildman–Crippen MR) is 148 cm³/mol. The summed E-state index contributed by atoms with van der Waals surface area (Å²) in [4.78, 5) is 32.9. The van der Waals surface area contributed by atoms with Crippen molar-refractivity contribution in [3.8, 4) is 5.75 Å². The molecule has 5 rings (SSSR count). The highest BCUT2D eigenvalue weighted by Crippen LogP contribution is 2.47. The van der Waals surface area contributed by atoms with Crippen LogP contribution in [-0.4, -0.2) is 60.6 Å². The normalized spacial score (nSPS) is 20.1. The maximum absolute atomic E-state index is 14.2. The number of aliphatic hydroxyl groups is 1. The van der Waals surface area contributed by atoms with Gasteiger partial charge in [0.1, 0.15) is 5.75 Å². The Morgan fingerprint density at radius 2 is 1.77 bits per heavy atom. The van der Waals surface area contributed by atoms with Gasteiger partial charge < -0.3 is 14.6 Å². The van der Waals surface area contributed by atoms with Crippen LogP contribution in [0.4, 0.5) is 0 Å². The molecule has 2 atom stereocenters. The second-order valence-electron chi connectivity index (χ2n) is 9.78. The van der Waals surface area contributed by atoms with Crippen LogP contribution < -0.4 is 4.74 Å². The zero-order valence-electron chi connectivity index (χ0n) is 22.0. The second-order valence-corrected chi connectivity index (χ2v) is 11.9. The van der Waals surface area contributed by atoms with Gasteiger partial charge in [0.2, 0.25) is 11.8 Å². The van der Waals surface area contributed by atoms with Crippen LogP contribution in [0, 0.1) is 0 Å². The molecule has 2 aliphatic heterocycles. The Balaban J connectivity index is 1.58. The van der Waals surface area contributed by atoms with Gasteiger partial charge in [0, 0.05) is 37.5 Å². The molecule has 0 radical (unpaired) electrons. The molecular weight excluding hydrogens is 532 g/mol. The molecule has 2 heterocycles. The first kappa shape index (κ1) is 27.5. The van der Waals surface area contributed by atoms with Crippen molar-refractivity contribution in [1.82, 2.24) is 4.90 Å². The van der Waals surface area contributed by atoms with Gasteiger partial charge in [-0.1, -0.05) is 42.5 Å². The van der Waals surface area contributed by atoms with Crippen molar-refractivity contribution in [2.75, 3.05) is 19.0 Å². The number of amides is 2. The van der Waals surface area contributed by atoms with E-state index < -0.39 is 33.3 Å². The van der Waals surface area contributed by atoms with Gasteiger partial charge in [0.15, 0.2) is 21.5 Å². The van der Waals surface area contributed by atoms with Gasteiger partial charge >= 0.3 is 0 Å². The van der Waals surface area contributed by atoms with Gasteiger partial charge in [-0.05, 0) is 42.0 Å². The molecule has 0 bridgehead atoms. The summed E-state index contributed by atoms with van der Waals surface area (Å²) in [6, 6.07) is 22.3. The first-order chi connectivity index (χ1) is 19.2. The van der Waals surface area contributed by atoms with Gasteiger partial charge in [-0.2, -0.15) is 0 Å². The zero-order chi connectivity index (χ0) is 28.3. The predicted octanol–water partition coefficient (Wildman–Crippen LogP) is 3.46. The summed E-state index contributed by atoms with van der Waals surface area (Å²) in [6.07, 6.45) is -0.610. The third kappa shape index (κ3) is 5.24. The lowest BCUT2D eigenvalue weighted by atomic mass is 9.84. The Morgan fingerprint density at radius 1 is 1.07 bits per heavy atom.